The highest BCUT2D eigenvalue weighted by atomic mass is 16.3. The van der Waals surface area contributed by atoms with Crippen LogP contribution >= 0.6 is 0 Å². The van der Waals surface area contributed by atoms with Crippen LogP contribution in [0.5, 0.6) is 0 Å². The Hall–Kier alpha value is -0.480. The van der Waals surface area contributed by atoms with E-state index in [2.05, 4.69) is 39.5 Å². The van der Waals surface area contributed by atoms with Crippen LogP contribution in [0.4, 0.5) is 0 Å². The van der Waals surface area contributed by atoms with Crippen molar-refractivity contribution in [1.29, 1.82) is 0 Å². The Morgan fingerprint density at radius 1 is 1.27 bits per heavy atom. The molecule has 0 radical (unpaired) electrons. The number of aliphatic hydroxyl groups excluding tert-OH is 1. The van der Waals surface area contributed by atoms with Crippen LogP contribution in [0.1, 0.15) is 60.3 Å². The number of aliphatic hydroxyl groups is 1. The standard InChI is InChI=1S/C14H26O/c1-6-8-13(15)11-12(2)9-7-10-14(3,4)5/h12-13,15H,7,9-11H2,1-5H3. The molecular formula is C14H26O. The molecule has 0 aliphatic carbocycles. The quantitative estimate of drug-likeness (QED) is 0.687. The summed E-state index contributed by atoms with van der Waals surface area (Å²) in [6.45, 7) is 10.8. The van der Waals surface area contributed by atoms with Gasteiger partial charge in [0.15, 0.2) is 0 Å². The zero-order valence-corrected chi connectivity index (χ0v) is 10.9. The summed E-state index contributed by atoms with van der Waals surface area (Å²) in [7, 11) is 0. The number of hydrogen-bond donors (Lipinski definition) is 1. The summed E-state index contributed by atoms with van der Waals surface area (Å²) in [6, 6.07) is 0. The van der Waals surface area contributed by atoms with Crippen molar-refractivity contribution in [3.05, 3.63) is 0 Å². The SMILES string of the molecule is CC#CC(O)CC(C)CCCC(C)(C)C. The van der Waals surface area contributed by atoms with Crippen LogP contribution in [0.3, 0.4) is 0 Å². The van der Waals surface area contributed by atoms with Gasteiger partial charge in [-0.2, -0.15) is 0 Å². The molecule has 0 bridgehead atoms. The predicted molar refractivity (Wildman–Crippen MR) is 66.5 cm³/mol. The fourth-order valence-electron chi connectivity index (χ4n) is 1.71. The maximum absolute atomic E-state index is 9.51. The fraction of sp³-hybridized carbons (Fsp3) is 0.857. The molecule has 0 aromatic rings. The Morgan fingerprint density at radius 3 is 2.33 bits per heavy atom. The van der Waals surface area contributed by atoms with Crippen molar-refractivity contribution < 1.29 is 5.11 Å². The van der Waals surface area contributed by atoms with Crippen molar-refractivity contribution in [3.8, 4) is 11.8 Å². The summed E-state index contributed by atoms with van der Waals surface area (Å²) >= 11 is 0. The highest BCUT2D eigenvalue weighted by Crippen LogP contribution is 2.24. The molecule has 1 nitrogen and oxygen atoms in total. The van der Waals surface area contributed by atoms with Crippen molar-refractivity contribution >= 4 is 0 Å². The molecule has 0 spiro atoms. The first-order valence-electron chi connectivity index (χ1n) is 5.95. The Kier molecular flexibility index (Phi) is 6.68. The molecule has 2 atom stereocenters. The normalized spacial score (nSPS) is 15.3. The van der Waals surface area contributed by atoms with Crippen LogP contribution in [-0.2, 0) is 0 Å². The summed E-state index contributed by atoms with van der Waals surface area (Å²) in [5, 5.41) is 9.51. The fourth-order valence-corrected chi connectivity index (χ4v) is 1.71. The summed E-state index contributed by atoms with van der Waals surface area (Å²) < 4.78 is 0. The molecule has 0 saturated carbocycles. The highest BCUT2D eigenvalue weighted by Gasteiger charge is 2.12. The molecule has 0 aliphatic rings. The summed E-state index contributed by atoms with van der Waals surface area (Å²) in [5.74, 6) is 6.11. The van der Waals surface area contributed by atoms with E-state index in [0.717, 1.165) is 6.42 Å². The van der Waals surface area contributed by atoms with Gasteiger partial charge in [0.1, 0.15) is 6.10 Å². The highest BCUT2D eigenvalue weighted by molar-refractivity contribution is 5.01. The van der Waals surface area contributed by atoms with Crippen molar-refractivity contribution in [2.45, 2.75) is 66.4 Å². The second kappa shape index (κ2) is 6.90. The van der Waals surface area contributed by atoms with E-state index >= 15 is 0 Å². The predicted octanol–water partition coefficient (Wildman–Crippen LogP) is 3.61. The Morgan fingerprint density at radius 2 is 1.87 bits per heavy atom. The van der Waals surface area contributed by atoms with E-state index in [-0.39, 0.29) is 0 Å². The lowest BCUT2D eigenvalue weighted by molar-refractivity contribution is 0.193. The molecule has 0 aromatic heterocycles. The second-order valence-corrected chi connectivity index (χ2v) is 5.70. The largest absolute Gasteiger partial charge is 0.380 e. The van der Waals surface area contributed by atoms with Gasteiger partial charge in [-0.15, -0.1) is 5.92 Å². The van der Waals surface area contributed by atoms with E-state index in [1.54, 1.807) is 6.92 Å². The molecular weight excluding hydrogens is 184 g/mol. The first-order valence-corrected chi connectivity index (χ1v) is 5.95. The van der Waals surface area contributed by atoms with Crippen molar-refractivity contribution in [2.75, 3.05) is 0 Å². The molecule has 0 aliphatic heterocycles. The molecule has 0 heterocycles. The monoisotopic (exact) mass is 210 g/mol. The van der Waals surface area contributed by atoms with Crippen molar-refractivity contribution in [1.82, 2.24) is 0 Å². The van der Waals surface area contributed by atoms with Crippen LogP contribution in [0.25, 0.3) is 0 Å². The maximum atomic E-state index is 9.51. The molecule has 0 saturated heterocycles. The molecule has 88 valence electrons. The molecule has 0 amide bonds. The first-order chi connectivity index (χ1) is 6.85. The maximum Gasteiger partial charge on any atom is 0.115 e. The van der Waals surface area contributed by atoms with Gasteiger partial charge >= 0.3 is 0 Å². The molecule has 0 rings (SSSR count). The second-order valence-electron chi connectivity index (χ2n) is 5.70. The molecule has 1 heteroatoms. The Labute approximate surface area is 95.3 Å². The lowest BCUT2D eigenvalue weighted by Gasteiger charge is -2.19. The van der Waals surface area contributed by atoms with Gasteiger partial charge in [-0.25, -0.2) is 0 Å². The van der Waals surface area contributed by atoms with E-state index in [1.165, 1.54) is 19.3 Å². The van der Waals surface area contributed by atoms with Gasteiger partial charge in [0.25, 0.3) is 0 Å². The van der Waals surface area contributed by atoms with Gasteiger partial charge in [-0.1, -0.05) is 46.5 Å². The summed E-state index contributed by atoms with van der Waals surface area (Å²) in [5.41, 5.74) is 0.432. The van der Waals surface area contributed by atoms with E-state index in [1.807, 2.05) is 0 Å². The van der Waals surface area contributed by atoms with Gasteiger partial charge in [-0.3, -0.25) is 0 Å². The molecule has 0 aromatic carbocycles. The summed E-state index contributed by atoms with van der Waals surface area (Å²) in [4.78, 5) is 0. The molecule has 0 fully saturated rings. The van der Waals surface area contributed by atoms with Gasteiger partial charge in [0, 0.05) is 0 Å². The molecule has 15 heavy (non-hydrogen) atoms. The lowest BCUT2D eigenvalue weighted by atomic mass is 9.87. The molecule has 2 unspecified atom stereocenters. The average molecular weight is 210 g/mol. The van der Waals surface area contributed by atoms with Crippen LogP contribution in [0.2, 0.25) is 0 Å². The van der Waals surface area contributed by atoms with Gasteiger partial charge < -0.3 is 5.11 Å². The van der Waals surface area contributed by atoms with Crippen molar-refractivity contribution in [3.63, 3.8) is 0 Å². The van der Waals surface area contributed by atoms with E-state index in [9.17, 15) is 5.11 Å². The minimum absolute atomic E-state index is 0.431. The lowest BCUT2D eigenvalue weighted by Crippen LogP contribution is -2.11. The Bertz CT molecular complexity index is 214. The third kappa shape index (κ3) is 9.82. The van der Waals surface area contributed by atoms with Gasteiger partial charge in [-0.05, 0) is 31.1 Å². The molecule has 1 N–H and O–H groups in total. The van der Waals surface area contributed by atoms with Crippen molar-refractivity contribution in [2.24, 2.45) is 11.3 Å². The minimum Gasteiger partial charge on any atom is -0.380 e. The number of rotatable bonds is 5. The minimum atomic E-state index is -0.431. The van der Waals surface area contributed by atoms with Crippen LogP contribution in [0, 0.1) is 23.2 Å². The summed E-state index contributed by atoms with van der Waals surface area (Å²) in [6.07, 6.45) is 4.08. The average Bonchev–Trinajstić information content (AvgIpc) is 2.01. The zero-order chi connectivity index (χ0) is 11.9. The van der Waals surface area contributed by atoms with E-state index < -0.39 is 6.10 Å². The smallest absolute Gasteiger partial charge is 0.115 e. The Balaban J connectivity index is 3.65. The topological polar surface area (TPSA) is 20.2 Å². The third-order valence-electron chi connectivity index (χ3n) is 2.56. The first kappa shape index (κ1) is 14.5. The van der Waals surface area contributed by atoms with Crippen LogP contribution in [0.15, 0.2) is 0 Å². The van der Waals surface area contributed by atoms with E-state index in [0.29, 0.717) is 11.3 Å². The van der Waals surface area contributed by atoms with Gasteiger partial charge in [0.2, 0.25) is 0 Å². The zero-order valence-electron chi connectivity index (χ0n) is 10.9. The number of hydrogen-bond acceptors (Lipinski definition) is 1. The van der Waals surface area contributed by atoms with Crippen LogP contribution < -0.4 is 0 Å². The van der Waals surface area contributed by atoms with Crippen LogP contribution in [-0.4, -0.2) is 11.2 Å². The van der Waals surface area contributed by atoms with Gasteiger partial charge in [0.05, 0.1) is 0 Å². The van der Waals surface area contributed by atoms with E-state index in [4.69, 9.17) is 0 Å². The third-order valence-corrected chi connectivity index (χ3v) is 2.56.